The third-order valence-corrected chi connectivity index (χ3v) is 3.28. The van der Waals surface area contributed by atoms with E-state index in [9.17, 15) is 18.0 Å². The highest BCUT2D eigenvalue weighted by molar-refractivity contribution is 5.92. The molecule has 122 valence electrons. The topological polar surface area (TPSA) is 67.6 Å². The van der Waals surface area contributed by atoms with E-state index in [1.807, 2.05) is 4.90 Å². The number of carbonyl (C=O) groups is 1. The molecule has 0 bridgehead atoms. The highest BCUT2D eigenvalue weighted by atomic mass is 19.4. The molecular weight excluding hydrogens is 299 g/mol. The Morgan fingerprint density at radius 1 is 1.36 bits per heavy atom. The summed E-state index contributed by atoms with van der Waals surface area (Å²) < 4.78 is 39.9. The number of rotatable bonds is 4. The van der Waals surface area contributed by atoms with Gasteiger partial charge in [-0.25, -0.2) is 0 Å². The lowest BCUT2D eigenvalue weighted by atomic mass is 10.1. The molecule has 1 aromatic carbocycles. The van der Waals surface area contributed by atoms with Gasteiger partial charge in [-0.3, -0.25) is 9.69 Å². The average Bonchev–Trinajstić information content (AvgIpc) is 2.39. The number of nitrogens with two attached hydrogens (primary N) is 1. The van der Waals surface area contributed by atoms with Gasteiger partial charge in [0, 0.05) is 18.3 Å². The molecule has 1 atom stereocenters. The second-order valence-corrected chi connectivity index (χ2v) is 5.26. The summed E-state index contributed by atoms with van der Waals surface area (Å²) in [6, 6.07) is 5.11. The minimum atomic E-state index is -4.72. The van der Waals surface area contributed by atoms with Crippen molar-refractivity contribution in [3.05, 3.63) is 24.3 Å². The third-order valence-electron chi connectivity index (χ3n) is 3.28. The van der Waals surface area contributed by atoms with Crippen molar-refractivity contribution in [2.24, 2.45) is 5.73 Å². The zero-order valence-corrected chi connectivity index (χ0v) is 11.9. The van der Waals surface area contributed by atoms with Gasteiger partial charge in [-0.15, -0.1) is 13.2 Å². The predicted molar refractivity (Wildman–Crippen MR) is 75.4 cm³/mol. The van der Waals surface area contributed by atoms with Crippen LogP contribution in [-0.2, 0) is 4.79 Å². The van der Waals surface area contributed by atoms with Crippen molar-refractivity contribution in [1.82, 2.24) is 4.90 Å². The fourth-order valence-corrected chi connectivity index (χ4v) is 2.38. The van der Waals surface area contributed by atoms with E-state index in [1.165, 1.54) is 12.1 Å². The van der Waals surface area contributed by atoms with Gasteiger partial charge in [0.15, 0.2) is 0 Å². The van der Waals surface area contributed by atoms with E-state index in [-0.39, 0.29) is 24.2 Å². The van der Waals surface area contributed by atoms with Crippen LogP contribution in [0.5, 0.6) is 5.75 Å². The maximum atomic E-state index is 12.0. The van der Waals surface area contributed by atoms with Crippen molar-refractivity contribution in [2.75, 3.05) is 25.0 Å². The van der Waals surface area contributed by atoms with Gasteiger partial charge in [0.1, 0.15) is 5.75 Å². The monoisotopic (exact) mass is 317 g/mol. The van der Waals surface area contributed by atoms with Gasteiger partial charge in [-0.2, -0.15) is 0 Å². The first-order valence-electron chi connectivity index (χ1n) is 6.95. The molecule has 5 nitrogen and oxygen atoms in total. The number of alkyl halides is 3. The zero-order chi connectivity index (χ0) is 16.2. The number of nitrogens with zero attached hydrogens (tertiary/aromatic N) is 1. The predicted octanol–water partition coefficient (Wildman–Crippen LogP) is 1.95. The van der Waals surface area contributed by atoms with E-state index >= 15 is 0 Å². The maximum absolute atomic E-state index is 12.0. The quantitative estimate of drug-likeness (QED) is 0.891. The lowest BCUT2D eigenvalue weighted by molar-refractivity contribution is -0.274. The lowest BCUT2D eigenvalue weighted by Gasteiger charge is -2.29. The highest BCUT2D eigenvalue weighted by Crippen LogP contribution is 2.23. The number of carbonyl (C=O) groups excluding carboxylic acids is 1. The number of likely N-dealkylation sites (tertiary alicyclic amines) is 1. The van der Waals surface area contributed by atoms with Crippen molar-refractivity contribution in [2.45, 2.75) is 25.2 Å². The fourth-order valence-electron chi connectivity index (χ4n) is 2.38. The Morgan fingerprint density at radius 2 is 2.05 bits per heavy atom. The third kappa shape index (κ3) is 5.53. The van der Waals surface area contributed by atoms with Crippen LogP contribution in [0, 0.1) is 0 Å². The summed E-state index contributed by atoms with van der Waals surface area (Å²) in [5.41, 5.74) is 6.26. The Kier molecular flexibility index (Phi) is 5.25. The molecule has 0 aliphatic carbocycles. The van der Waals surface area contributed by atoms with Crippen LogP contribution in [0.4, 0.5) is 18.9 Å². The van der Waals surface area contributed by atoms with Gasteiger partial charge in [-0.1, -0.05) is 0 Å². The SMILES string of the molecule is N[C@@H]1CCCN(CC(=O)Nc2ccc(OC(F)(F)F)cc2)C1. The van der Waals surface area contributed by atoms with Gasteiger partial charge in [0.05, 0.1) is 6.54 Å². The lowest BCUT2D eigenvalue weighted by Crippen LogP contribution is -2.45. The van der Waals surface area contributed by atoms with Crippen LogP contribution >= 0.6 is 0 Å². The largest absolute Gasteiger partial charge is 0.573 e. The maximum Gasteiger partial charge on any atom is 0.573 e. The van der Waals surface area contributed by atoms with Crippen molar-refractivity contribution < 1.29 is 22.7 Å². The first kappa shape index (κ1) is 16.6. The summed E-state index contributed by atoms with van der Waals surface area (Å²) in [6.07, 6.45) is -2.81. The van der Waals surface area contributed by atoms with Crippen LogP contribution in [-0.4, -0.2) is 42.8 Å². The summed E-state index contributed by atoms with van der Waals surface area (Å²) in [5.74, 6) is -0.550. The van der Waals surface area contributed by atoms with E-state index in [2.05, 4.69) is 10.1 Å². The molecule has 1 amide bonds. The molecule has 8 heteroatoms. The van der Waals surface area contributed by atoms with Gasteiger partial charge in [-0.05, 0) is 43.7 Å². The van der Waals surface area contributed by atoms with Gasteiger partial charge in [0.2, 0.25) is 5.91 Å². The number of ether oxygens (including phenoxy) is 1. The summed E-state index contributed by atoms with van der Waals surface area (Å²) in [7, 11) is 0. The molecule has 0 aromatic heterocycles. The molecule has 0 spiro atoms. The summed E-state index contributed by atoms with van der Waals surface area (Å²) in [5, 5.41) is 2.64. The number of hydrogen-bond donors (Lipinski definition) is 2. The van der Waals surface area contributed by atoms with Gasteiger partial charge >= 0.3 is 6.36 Å². The molecule has 1 aliphatic heterocycles. The Hall–Kier alpha value is -1.80. The molecule has 1 saturated heterocycles. The van der Waals surface area contributed by atoms with Crippen LogP contribution in [0.25, 0.3) is 0 Å². The molecule has 0 unspecified atom stereocenters. The van der Waals surface area contributed by atoms with Crippen molar-refractivity contribution in [3.63, 3.8) is 0 Å². The number of anilines is 1. The van der Waals surface area contributed by atoms with Gasteiger partial charge < -0.3 is 15.8 Å². The molecular formula is C14H18F3N3O2. The number of nitrogens with one attached hydrogen (secondary N) is 1. The molecule has 1 heterocycles. The normalized spacial score (nSPS) is 19.7. The summed E-state index contributed by atoms with van der Waals surface area (Å²) >= 11 is 0. The van der Waals surface area contributed by atoms with E-state index in [4.69, 9.17) is 5.73 Å². The van der Waals surface area contributed by atoms with Crippen LogP contribution < -0.4 is 15.8 Å². The smallest absolute Gasteiger partial charge is 0.406 e. The molecule has 0 radical (unpaired) electrons. The molecule has 0 saturated carbocycles. The van der Waals surface area contributed by atoms with Crippen LogP contribution in [0.2, 0.25) is 0 Å². The minimum absolute atomic E-state index is 0.0837. The second kappa shape index (κ2) is 6.97. The molecule has 22 heavy (non-hydrogen) atoms. The van der Waals surface area contributed by atoms with E-state index < -0.39 is 6.36 Å². The Balaban J connectivity index is 1.83. The Morgan fingerprint density at radius 3 is 2.64 bits per heavy atom. The summed E-state index contributed by atoms with van der Waals surface area (Å²) in [4.78, 5) is 13.9. The number of halogens is 3. The molecule has 2 rings (SSSR count). The van der Waals surface area contributed by atoms with Crippen LogP contribution in [0.1, 0.15) is 12.8 Å². The van der Waals surface area contributed by atoms with E-state index in [1.54, 1.807) is 0 Å². The molecule has 1 aromatic rings. The van der Waals surface area contributed by atoms with Crippen LogP contribution in [0.3, 0.4) is 0 Å². The minimum Gasteiger partial charge on any atom is -0.406 e. The Bertz CT molecular complexity index is 505. The second-order valence-electron chi connectivity index (χ2n) is 5.26. The Labute approximate surface area is 126 Å². The van der Waals surface area contributed by atoms with Crippen molar-refractivity contribution >= 4 is 11.6 Å². The van der Waals surface area contributed by atoms with Crippen molar-refractivity contribution in [3.8, 4) is 5.75 Å². The van der Waals surface area contributed by atoms with Gasteiger partial charge in [0.25, 0.3) is 0 Å². The molecule has 3 N–H and O–H groups in total. The highest BCUT2D eigenvalue weighted by Gasteiger charge is 2.31. The van der Waals surface area contributed by atoms with E-state index in [0.29, 0.717) is 12.2 Å². The zero-order valence-electron chi connectivity index (χ0n) is 11.9. The number of hydrogen-bond acceptors (Lipinski definition) is 4. The number of piperidine rings is 1. The standard InChI is InChI=1S/C14H18F3N3O2/c15-14(16,17)22-12-5-3-11(4-6-12)19-13(21)9-20-7-1-2-10(18)8-20/h3-6,10H,1-2,7-9,18H2,(H,19,21)/t10-/m1/s1. The summed E-state index contributed by atoms with van der Waals surface area (Å²) in [6.45, 7) is 1.71. The van der Waals surface area contributed by atoms with E-state index in [0.717, 1.165) is 31.5 Å². The van der Waals surface area contributed by atoms with Crippen molar-refractivity contribution in [1.29, 1.82) is 0 Å². The molecule has 1 aliphatic rings. The molecule has 1 fully saturated rings. The first-order chi connectivity index (χ1) is 10.3. The number of amides is 1. The average molecular weight is 317 g/mol. The van der Waals surface area contributed by atoms with Crippen LogP contribution in [0.15, 0.2) is 24.3 Å². The number of benzene rings is 1. The first-order valence-corrected chi connectivity index (χ1v) is 6.95. The fraction of sp³-hybridized carbons (Fsp3) is 0.500.